The van der Waals surface area contributed by atoms with Crippen LogP contribution in [0.2, 0.25) is 5.28 Å². The molecule has 0 saturated heterocycles. The number of hydrogen-bond acceptors (Lipinski definition) is 5. The predicted molar refractivity (Wildman–Crippen MR) is 55.2 cm³/mol. The maximum atomic E-state index is 12.1. The van der Waals surface area contributed by atoms with Crippen molar-refractivity contribution in [3.8, 4) is 5.75 Å². The fourth-order valence-electron chi connectivity index (χ4n) is 1.02. The van der Waals surface area contributed by atoms with Gasteiger partial charge in [0.15, 0.2) is 17.3 Å². The van der Waals surface area contributed by atoms with Gasteiger partial charge in [-0.15, -0.1) is 0 Å². The Labute approximate surface area is 108 Å². The van der Waals surface area contributed by atoms with Gasteiger partial charge in [0.25, 0.3) is 0 Å². The number of anilines is 1. The lowest BCUT2D eigenvalue weighted by molar-refractivity contribution is -0.167. The van der Waals surface area contributed by atoms with Gasteiger partial charge in [-0.2, -0.15) is 18.2 Å². The summed E-state index contributed by atoms with van der Waals surface area (Å²) < 4.78 is 40.8. The van der Waals surface area contributed by atoms with E-state index in [0.29, 0.717) is 0 Å². The Bertz CT molecular complexity index is 535. The topological polar surface area (TPSA) is 101 Å². The lowest BCUT2D eigenvalue weighted by Crippen LogP contribution is -2.30. The molecule has 0 unspecified atom stereocenters. The molecule has 104 valence electrons. The summed E-state index contributed by atoms with van der Waals surface area (Å²) in [5, 5.41) is 9.47. The molecule has 7 nitrogen and oxygen atoms in total. The molecule has 0 aromatic carbocycles. The smallest absolute Gasteiger partial charge is 0.471 e. The van der Waals surface area contributed by atoms with Crippen LogP contribution in [0.15, 0.2) is 0 Å². The summed E-state index contributed by atoms with van der Waals surface area (Å²) in [6.45, 7) is 0. The number of aromatic nitrogens is 2. The van der Waals surface area contributed by atoms with Crippen molar-refractivity contribution >= 4 is 29.3 Å². The number of carboxylic acids is 1. The van der Waals surface area contributed by atoms with E-state index in [4.69, 9.17) is 16.7 Å². The number of halogens is 4. The van der Waals surface area contributed by atoms with Crippen molar-refractivity contribution in [3.05, 3.63) is 11.0 Å². The highest BCUT2D eigenvalue weighted by Gasteiger charge is 2.40. The third-order valence-electron chi connectivity index (χ3n) is 1.73. The van der Waals surface area contributed by atoms with E-state index >= 15 is 0 Å². The van der Waals surface area contributed by atoms with Gasteiger partial charge in [-0.1, -0.05) is 0 Å². The Balaban J connectivity index is 3.27. The number of aromatic carboxylic acids is 1. The van der Waals surface area contributed by atoms with Gasteiger partial charge in [-0.25, -0.2) is 9.78 Å². The first-order valence-corrected chi connectivity index (χ1v) is 4.77. The molecular weight excluding hydrogens is 295 g/mol. The van der Waals surface area contributed by atoms with Gasteiger partial charge < -0.3 is 9.84 Å². The molecule has 0 radical (unpaired) electrons. The van der Waals surface area contributed by atoms with Gasteiger partial charge in [0.1, 0.15) is 0 Å². The molecule has 0 saturated carbocycles. The third-order valence-corrected chi connectivity index (χ3v) is 1.90. The number of nitrogens with zero attached hydrogens (tertiary/aromatic N) is 2. The van der Waals surface area contributed by atoms with Crippen LogP contribution < -0.4 is 10.1 Å². The van der Waals surface area contributed by atoms with E-state index in [2.05, 4.69) is 14.7 Å². The van der Waals surface area contributed by atoms with Crippen LogP contribution in [0.3, 0.4) is 0 Å². The second-order valence-corrected chi connectivity index (χ2v) is 3.32. The highest BCUT2D eigenvalue weighted by atomic mass is 35.5. The molecule has 19 heavy (non-hydrogen) atoms. The summed E-state index contributed by atoms with van der Waals surface area (Å²) in [4.78, 5) is 28.1. The maximum absolute atomic E-state index is 12.1. The Kier molecular flexibility index (Phi) is 4.14. The Morgan fingerprint density at radius 3 is 2.37 bits per heavy atom. The first-order valence-electron chi connectivity index (χ1n) is 4.39. The van der Waals surface area contributed by atoms with Gasteiger partial charge >= 0.3 is 18.1 Å². The van der Waals surface area contributed by atoms with E-state index in [9.17, 15) is 22.8 Å². The number of ether oxygens (including phenoxy) is 1. The number of hydrogen-bond donors (Lipinski definition) is 2. The molecule has 1 aromatic rings. The normalized spacial score (nSPS) is 11.0. The van der Waals surface area contributed by atoms with Crippen LogP contribution in [0.25, 0.3) is 0 Å². The second kappa shape index (κ2) is 5.26. The number of nitrogens with one attached hydrogen (secondary N) is 1. The fourth-order valence-corrected chi connectivity index (χ4v) is 1.19. The largest absolute Gasteiger partial charge is 0.491 e. The molecule has 0 bridgehead atoms. The Hall–Kier alpha value is -2.10. The summed E-state index contributed by atoms with van der Waals surface area (Å²) in [7, 11) is 0.974. The first-order chi connectivity index (χ1) is 8.66. The molecule has 0 fully saturated rings. The number of carboxylic acid groups (broad SMARTS) is 1. The monoisotopic (exact) mass is 299 g/mol. The number of alkyl halides is 3. The molecule has 0 aliphatic heterocycles. The number of carbonyl (C=O) groups is 2. The van der Waals surface area contributed by atoms with Crippen molar-refractivity contribution < 1.29 is 32.6 Å². The predicted octanol–water partition coefficient (Wildman–Crippen LogP) is 1.34. The molecule has 11 heteroatoms. The zero-order valence-corrected chi connectivity index (χ0v) is 9.83. The van der Waals surface area contributed by atoms with E-state index in [1.165, 1.54) is 5.32 Å². The first kappa shape index (κ1) is 15.0. The zero-order chi connectivity index (χ0) is 14.8. The van der Waals surface area contributed by atoms with Crippen molar-refractivity contribution in [1.29, 1.82) is 0 Å². The van der Waals surface area contributed by atoms with E-state index in [1.807, 2.05) is 0 Å². The minimum absolute atomic E-state index is 0.644. The van der Waals surface area contributed by atoms with Gasteiger partial charge in [0.05, 0.1) is 7.11 Å². The molecule has 1 amide bonds. The van der Waals surface area contributed by atoms with Crippen molar-refractivity contribution in [3.63, 3.8) is 0 Å². The fraction of sp³-hybridized carbons (Fsp3) is 0.250. The molecule has 1 rings (SSSR count). The summed E-state index contributed by atoms with van der Waals surface area (Å²) in [5.41, 5.74) is -0.778. The standard InChI is InChI=1S/C8H5ClF3N3O4/c1-19-3-2(5(16)17)13-7(9)15-4(3)14-6(18)8(10,11)12/h1H3,(H,16,17)(H,13,14,15,18). The number of carbonyl (C=O) groups excluding carboxylic acids is 1. The van der Waals surface area contributed by atoms with Gasteiger partial charge in [0.2, 0.25) is 5.28 Å². The lowest BCUT2D eigenvalue weighted by Gasteiger charge is -2.12. The van der Waals surface area contributed by atoms with Crippen molar-refractivity contribution in [2.45, 2.75) is 6.18 Å². The Morgan fingerprint density at radius 1 is 1.37 bits per heavy atom. The summed E-state index contributed by atoms with van der Waals surface area (Å²) in [6.07, 6.45) is -5.17. The van der Waals surface area contributed by atoms with Gasteiger partial charge in [-0.3, -0.25) is 10.1 Å². The number of methoxy groups -OCH3 is 1. The van der Waals surface area contributed by atoms with Crippen LogP contribution in [0, 0.1) is 0 Å². The van der Waals surface area contributed by atoms with E-state index in [0.717, 1.165) is 7.11 Å². The molecule has 0 aliphatic carbocycles. The van der Waals surface area contributed by atoms with Crippen molar-refractivity contribution in [2.24, 2.45) is 0 Å². The third kappa shape index (κ3) is 3.44. The van der Waals surface area contributed by atoms with E-state index in [1.54, 1.807) is 0 Å². The summed E-state index contributed by atoms with van der Waals surface area (Å²) >= 11 is 5.35. The highest BCUT2D eigenvalue weighted by molar-refractivity contribution is 6.28. The van der Waals surface area contributed by atoms with Gasteiger partial charge in [-0.05, 0) is 11.6 Å². The van der Waals surface area contributed by atoms with Crippen LogP contribution in [-0.2, 0) is 4.79 Å². The lowest BCUT2D eigenvalue weighted by atomic mass is 10.3. The average molecular weight is 300 g/mol. The van der Waals surface area contributed by atoms with Crippen molar-refractivity contribution in [1.82, 2.24) is 9.97 Å². The van der Waals surface area contributed by atoms with Crippen LogP contribution in [0.4, 0.5) is 19.0 Å². The van der Waals surface area contributed by atoms with Crippen LogP contribution in [0.1, 0.15) is 10.5 Å². The Morgan fingerprint density at radius 2 is 1.95 bits per heavy atom. The quantitative estimate of drug-likeness (QED) is 0.817. The van der Waals surface area contributed by atoms with E-state index < -0.39 is 40.6 Å². The summed E-state index contributed by atoms with van der Waals surface area (Å²) in [5.74, 6) is -5.39. The molecule has 1 heterocycles. The molecule has 0 atom stereocenters. The molecule has 1 aromatic heterocycles. The van der Waals surface area contributed by atoms with Crippen LogP contribution in [0.5, 0.6) is 5.75 Å². The average Bonchev–Trinajstić information content (AvgIpc) is 2.26. The maximum Gasteiger partial charge on any atom is 0.471 e. The second-order valence-electron chi connectivity index (χ2n) is 2.98. The SMILES string of the molecule is COc1c(NC(=O)C(F)(F)F)nc(Cl)nc1C(=O)O. The minimum atomic E-state index is -5.17. The van der Waals surface area contributed by atoms with Crippen LogP contribution in [-0.4, -0.2) is 40.2 Å². The van der Waals surface area contributed by atoms with E-state index in [-0.39, 0.29) is 0 Å². The minimum Gasteiger partial charge on any atom is -0.491 e. The highest BCUT2D eigenvalue weighted by Crippen LogP contribution is 2.28. The zero-order valence-electron chi connectivity index (χ0n) is 9.08. The molecular formula is C8H5ClF3N3O4. The molecule has 0 aliphatic rings. The summed E-state index contributed by atoms with van der Waals surface area (Å²) in [6, 6.07) is 0. The molecule has 2 N–H and O–H groups in total. The number of rotatable bonds is 3. The van der Waals surface area contributed by atoms with Crippen molar-refractivity contribution in [2.75, 3.05) is 12.4 Å². The van der Waals surface area contributed by atoms with Crippen LogP contribution >= 0.6 is 11.6 Å². The number of amides is 1. The van der Waals surface area contributed by atoms with Gasteiger partial charge in [0, 0.05) is 0 Å². The molecule has 0 spiro atoms.